The number of hydrogen-bond donors (Lipinski definition) is 5. The third-order valence-electron chi connectivity index (χ3n) is 13.1. The number of unbranched alkanes of at least 4 members (excludes halogenated alkanes) is 26. The number of rotatable bonds is 45. The molecule has 2 aromatic carbocycles. The van der Waals surface area contributed by atoms with Gasteiger partial charge in [0.2, 0.25) is 17.8 Å². The second-order valence-electron chi connectivity index (χ2n) is 19.7. The largest absolute Gasteiger partial charge is 0.456 e. The quantitative estimate of drug-likeness (QED) is 0.0263. The van der Waals surface area contributed by atoms with E-state index in [0.29, 0.717) is 25.9 Å². The Morgan fingerprint density at radius 1 is 0.569 bits per heavy atom. The smallest absolute Gasteiger partial charge is 0.415 e. The lowest BCUT2D eigenvalue weighted by Crippen LogP contribution is -2.42. The van der Waals surface area contributed by atoms with Gasteiger partial charge in [-0.05, 0) is 61.1 Å². The second kappa shape index (κ2) is 39.2. The Bertz CT molecular complexity index is 1870. The van der Waals surface area contributed by atoms with E-state index >= 15 is 0 Å². The van der Waals surface area contributed by atoms with E-state index in [1.165, 1.54) is 165 Å². The summed E-state index contributed by atoms with van der Waals surface area (Å²) in [6.45, 7) is 5.77. The number of nitrogens with zero attached hydrogens (tertiary/aromatic N) is 3. The number of ether oxygens (including phenoxy) is 1. The van der Waals surface area contributed by atoms with Crippen molar-refractivity contribution in [3.8, 4) is 11.5 Å². The number of benzene rings is 2. The van der Waals surface area contributed by atoms with Crippen molar-refractivity contribution in [3.63, 3.8) is 0 Å². The molecule has 1 aromatic heterocycles. The van der Waals surface area contributed by atoms with Crippen LogP contribution in [-0.4, -0.2) is 64.5 Å². The van der Waals surface area contributed by atoms with Crippen LogP contribution in [0.3, 0.4) is 0 Å². The Balaban J connectivity index is 1.40. The molecule has 15 nitrogen and oxygen atoms in total. The summed E-state index contributed by atoms with van der Waals surface area (Å²) in [6, 6.07) is 12.2. The molecule has 0 aliphatic carbocycles. The minimum Gasteiger partial charge on any atom is -0.415 e. The summed E-state index contributed by atoms with van der Waals surface area (Å²) in [5.74, 6) is -0.0133. The van der Waals surface area contributed by atoms with Crippen molar-refractivity contribution in [1.82, 2.24) is 25.2 Å². The number of aromatic nitrogens is 3. The van der Waals surface area contributed by atoms with Gasteiger partial charge in [0.1, 0.15) is 17.8 Å². The molecule has 3 aromatic rings. The fourth-order valence-electron chi connectivity index (χ4n) is 8.64. The average Bonchev–Trinajstić information content (AvgIpc) is 3.36. The van der Waals surface area contributed by atoms with Crippen LogP contribution < -0.4 is 42.6 Å². The summed E-state index contributed by atoms with van der Waals surface area (Å²) in [6.07, 6.45) is 37.3. The molecule has 0 saturated heterocycles. The van der Waals surface area contributed by atoms with Crippen molar-refractivity contribution in [2.45, 2.75) is 225 Å². The predicted octanol–water partition coefficient (Wildman–Crippen LogP) is 11.5. The SMILES string of the molecule is CCCCCCCCCCCCCCCCNC(=O)[C@@H](N)Cc1ccc(OP(=O)(COCCn2cnc(N)nc2=O)Oc2ccc(C[C@H](N)C(=O)NCCCCCCCCCCCCCCCC)cc2)cc1. The Morgan fingerprint density at radius 3 is 1.26 bits per heavy atom. The monoisotopic (exact) mass is 1020 g/mol. The maximum Gasteiger partial charge on any atom is 0.456 e. The van der Waals surface area contributed by atoms with E-state index in [-0.39, 0.29) is 42.4 Å². The highest BCUT2D eigenvalue weighted by Gasteiger charge is 2.29. The highest BCUT2D eigenvalue weighted by Crippen LogP contribution is 2.48. The van der Waals surface area contributed by atoms with Gasteiger partial charge in [-0.3, -0.25) is 14.2 Å². The summed E-state index contributed by atoms with van der Waals surface area (Å²) >= 11 is 0. The Kier molecular flexibility index (Phi) is 33.8. The number of amides is 2. The van der Waals surface area contributed by atoms with Crippen LogP contribution in [0.1, 0.15) is 205 Å². The first kappa shape index (κ1) is 62.0. The lowest BCUT2D eigenvalue weighted by atomic mass is 10.0. The van der Waals surface area contributed by atoms with Crippen LogP contribution in [0.25, 0.3) is 0 Å². The Hall–Kier alpha value is -4.30. The second-order valence-corrected chi connectivity index (χ2v) is 21.6. The predicted molar refractivity (Wildman–Crippen MR) is 293 cm³/mol. The highest BCUT2D eigenvalue weighted by molar-refractivity contribution is 7.54. The van der Waals surface area contributed by atoms with E-state index in [0.717, 1.165) is 36.8 Å². The molecule has 72 heavy (non-hydrogen) atoms. The first-order chi connectivity index (χ1) is 35.0. The maximum absolute atomic E-state index is 14.3. The zero-order valence-electron chi connectivity index (χ0n) is 44.5. The third-order valence-corrected chi connectivity index (χ3v) is 14.6. The molecule has 2 amide bonds. The number of hydrogen-bond acceptors (Lipinski definition) is 12. The van der Waals surface area contributed by atoms with Crippen LogP contribution in [-0.2, 0) is 38.3 Å². The van der Waals surface area contributed by atoms with Gasteiger partial charge < -0.3 is 41.6 Å². The molecule has 0 fully saturated rings. The standard InChI is InChI=1S/C56H95N8O7P/c1-3-5-7-9-11-13-15-17-19-21-23-25-27-29-39-60-53(65)51(57)43-47-31-35-49(36-32-47)70-72(68,46-69-42-41-64-45-62-55(59)63-56(64)67)71-50-37-33-48(34-38-50)44-52(58)54(66)61-40-30-28-26-24-22-20-18-16-14-12-10-8-6-4-2/h31-38,45,51-52H,3-30,39-44,46,57-58H2,1-2H3,(H,60,65)(H,61,66)(H2,59,63,67)/t51-,52-/m0/s1. The minimum absolute atomic E-state index is 0.0273. The molecule has 0 radical (unpaired) electrons. The molecule has 0 aliphatic rings. The maximum atomic E-state index is 14.3. The van der Waals surface area contributed by atoms with Gasteiger partial charge in [-0.25, -0.2) is 14.3 Å². The lowest BCUT2D eigenvalue weighted by molar-refractivity contribution is -0.123. The first-order valence-electron chi connectivity index (χ1n) is 28.0. The van der Waals surface area contributed by atoms with Crippen LogP contribution in [0.2, 0.25) is 0 Å². The third kappa shape index (κ3) is 29.4. The van der Waals surface area contributed by atoms with Gasteiger partial charge in [0.15, 0.2) is 6.35 Å². The first-order valence-corrected chi connectivity index (χ1v) is 29.7. The molecule has 16 heteroatoms. The van der Waals surface area contributed by atoms with Crippen molar-refractivity contribution in [2.75, 3.05) is 31.8 Å². The minimum atomic E-state index is -4.03. The van der Waals surface area contributed by atoms with Crippen molar-refractivity contribution >= 4 is 25.4 Å². The van der Waals surface area contributed by atoms with Crippen molar-refractivity contribution < 1.29 is 27.9 Å². The van der Waals surface area contributed by atoms with Gasteiger partial charge in [0, 0.05) is 13.1 Å². The molecule has 0 bridgehead atoms. The van der Waals surface area contributed by atoms with E-state index in [2.05, 4.69) is 34.4 Å². The molecule has 2 atom stereocenters. The fourth-order valence-corrected chi connectivity index (χ4v) is 10.0. The molecule has 3 rings (SSSR count). The molecule has 1 heterocycles. The molecular weight excluding hydrogens is 928 g/mol. The zero-order valence-corrected chi connectivity index (χ0v) is 45.4. The van der Waals surface area contributed by atoms with Crippen LogP contribution >= 0.6 is 7.60 Å². The zero-order chi connectivity index (χ0) is 51.9. The molecule has 0 unspecified atom stereocenters. The van der Waals surface area contributed by atoms with Gasteiger partial charge >= 0.3 is 13.3 Å². The summed E-state index contributed by atoms with van der Waals surface area (Å²) in [5, 5.41) is 5.96. The van der Waals surface area contributed by atoms with Crippen molar-refractivity contribution in [3.05, 3.63) is 76.5 Å². The Labute approximate surface area is 433 Å². The van der Waals surface area contributed by atoms with Gasteiger partial charge in [0.25, 0.3) is 0 Å². The van der Waals surface area contributed by atoms with E-state index < -0.39 is 31.7 Å². The van der Waals surface area contributed by atoms with Crippen LogP contribution in [0.5, 0.6) is 11.5 Å². The topological polar surface area (TPSA) is 229 Å². The molecule has 0 saturated carbocycles. The molecule has 0 spiro atoms. The van der Waals surface area contributed by atoms with Crippen molar-refractivity contribution in [1.29, 1.82) is 0 Å². The van der Waals surface area contributed by atoms with Crippen LogP contribution in [0.15, 0.2) is 59.7 Å². The van der Waals surface area contributed by atoms with E-state index in [9.17, 15) is 18.9 Å². The normalized spacial score (nSPS) is 12.4. The Morgan fingerprint density at radius 2 is 0.917 bits per heavy atom. The van der Waals surface area contributed by atoms with Crippen molar-refractivity contribution in [2.24, 2.45) is 11.5 Å². The van der Waals surface area contributed by atoms with Crippen LogP contribution in [0.4, 0.5) is 5.95 Å². The number of nitrogen functional groups attached to an aromatic ring is 1. The van der Waals surface area contributed by atoms with Gasteiger partial charge in [-0.15, -0.1) is 0 Å². The van der Waals surface area contributed by atoms with Gasteiger partial charge in [-0.1, -0.05) is 205 Å². The lowest BCUT2D eigenvalue weighted by Gasteiger charge is -2.21. The molecule has 0 aliphatic heterocycles. The van der Waals surface area contributed by atoms with Gasteiger partial charge in [-0.2, -0.15) is 4.98 Å². The summed E-state index contributed by atoms with van der Waals surface area (Å²) in [4.78, 5) is 45.3. The number of nitrogens with one attached hydrogen (secondary N) is 2. The number of carbonyl (C=O) groups is 2. The number of nitrogens with two attached hydrogens (primary N) is 3. The highest BCUT2D eigenvalue weighted by atomic mass is 31.2. The summed E-state index contributed by atoms with van der Waals surface area (Å²) < 4.78 is 33.3. The summed E-state index contributed by atoms with van der Waals surface area (Å²) in [5.41, 5.74) is 19.1. The van der Waals surface area contributed by atoms with E-state index in [4.69, 9.17) is 31.0 Å². The fraction of sp³-hybridized carbons (Fsp3) is 0.696. The number of carbonyl (C=O) groups excluding carboxylic acids is 2. The molecule has 406 valence electrons. The number of anilines is 1. The van der Waals surface area contributed by atoms with Crippen LogP contribution in [0, 0.1) is 0 Å². The molecular formula is C56H95N8O7P. The van der Waals surface area contributed by atoms with E-state index in [1.54, 1.807) is 48.5 Å². The molecule has 8 N–H and O–H groups in total. The van der Waals surface area contributed by atoms with E-state index in [1.807, 2.05) is 0 Å². The average molecular weight is 1020 g/mol. The van der Waals surface area contributed by atoms with Gasteiger partial charge in [0.05, 0.1) is 25.2 Å². The summed E-state index contributed by atoms with van der Waals surface area (Å²) in [7, 11) is -4.03.